The van der Waals surface area contributed by atoms with Gasteiger partial charge >= 0.3 is 5.97 Å². The van der Waals surface area contributed by atoms with Gasteiger partial charge in [0.25, 0.3) is 5.56 Å². The Bertz CT molecular complexity index is 1440. The van der Waals surface area contributed by atoms with Crippen LogP contribution in [0.1, 0.15) is 40.9 Å². The van der Waals surface area contributed by atoms with Gasteiger partial charge in [0.15, 0.2) is 0 Å². The molecule has 0 aliphatic carbocycles. The van der Waals surface area contributed by atoms with Crippen LogP contribution in [-0.2, 0) is 11.2 Å². The third-order valence-corrected chi connectivity index (χ3v) is 5.68. The smallest absolute Gasteiger partial charge is 0.337 e. The average molecular weight is 508 g/mol. The molecule has 0 saturated carbocycles. The molecule has 4 aromatic rings. The monoisotopic (exact) mass is 507 g/mol. The number of nitrogens with zero attached hydrogens (tertiary/aromatic N) is 3. The Labute approximate surface area is 198 Å². The van der Waals surface area contributed by atoms with E-state index in [2.05, 4.69) is 26.0 Å². The maximum absolute atomic E-state index is 13.1. The van der Waals surface area contributed by atoms with E-state index < -0.39 is 0 Å². The van der Waals surface area contributed by atoms with Crippen molar-refractivity contribution in [3.8, 4) is 11.3 Å². The Morgan fingerprint density at radius 1 is 1.21 bits per heavy atom. The van der Waals surface area contributed by atoms with Crippen molar-refractivity contribution in [1.29, 1.82) is 0 Å². The van der Waals surface area contributed by atoms with E-state index in [1.807, 2.05) is 38.1 Å². The third-order valence-electron chi connectivity index (χ3n) is 5.19. The Kier molecular flexibility index (Phi) is 6.55. The molecule has 0 unspecified atom stereocenters. The van der Waals surface area contributed by atoms with Crippen LogP contribution < -0.4 is 5.56 Å². The highest BCUT2D eigenvalue weighted by Gasteiger charge is 2.13. The fourth-order valence-corrected chi connectivity index (χ4v) is 3.93. The molecule has 2 aromatic heterocycles. The summed E-state index contributed by atoms with van der Waals surface area (Å²) >= 11 is 3.41. The van der Waals surface area contributed by atoms with E-state index in [-0.39, 0.29) is 11.5 Å². The summed E-state index contributed by atoms with van der Waals surface area (Å²) in [5.41, 5.74) is 2.61. The second-order valence-corrected chi connectivity index (χ2v) is 8.44. The predicted octanol–water partition coefficient (Wildman–Crippen LogP) is 5.35. The van der Waals surface area contributed by atoms with E-state index in [0.717, 1.165) is 22.0 Å². The lowest BCUT2D eigenvalue weighted by molar-refractivity contribution is 0.0600. The number of aryl methyl sites for hydroxylation is 2. The standard InChI is InChI=1S/C25H22BrN3O4/c1-4-5-23-28-21-10-7-17(26)13-20(21)24(30)29(23)27-14-18-8-11-22(33-18)19-9-6-16(12-15(19)2)25(31)32-3/h6-14H,4-5H2,1-3H3. The first-order valence-corrected chi connectivity index (χ1v) is 11.2. The van der Waals surface area contributed by atoms with Gasteiger partial charge in [-0.1, -0.05) is 28.9 Å². The van der Waals surface area contributed by atoms with E-state index in [1.165, 1.54) is 18.0 Å². The van der Waals surface area contributed by atoms with Crippen LogP contribution in [-0.4, -0.2) is 29.0 Å². The molecule has 0 atom stereocenters. The van der Waals surface area contributed by atoms with Gasteiger partial charge in [0.2, 0.25) is 0 Å². The molecule has 0 amide bonds. The second kappa shape index (κ2) is 9.54. The fourth-order valence-electron chi connectivity index (χ4n) is 3.57. The fraction of sp³-hybridized carbons (Fsp3) is 0.200. The minimum atomic E-state index is -0.388. The minimum Gasteiger partial charge on any atom is -0.465 e. The van der Waals surface area contributed by atoms with Crippen LogP contribution in [0.3, 0.4) is 0 Å². The highest BCUT2D eigenvalue weighted by Crippen LogP contribution is 2.26. The lowest BCUT2D eigenvalue weighted by atomic mass is 10.0. The molecule has 2 heterocycles. The molecule has 0 spiro atoms. The highest BCUT2D eigenvalue weighted by atomic mass is 79.9. The van der Waals surface area contributed by atoms with E-state index >= 15 is 0 Å². The molecule has 0 fully saturated rings. The number of halogens is 1. The largest absolute Gasteiger partial charge is 0.465 e. The van der Waals surface area contributed by atoms with Crippen LogP contribution in [0, 0.1) is 6.92 Å². The maximum Gasteiger partial charge on any atom is 0.337 e. The van der Waals surface area contributed by atoms with Crippen LogP contribution in [0.2, 0.25) is 0 Å². The van der Waals surface area contributed by atoms with E-state index in [9.17, 15) is 9.59 Å². The second-order valence-electron chi connectivity index (χ2n) is 7.52. The number of methoxy groups -OCH3 is 1. The van der Waals surface area contributed by atoms with E-state index in [1.54, 1.807) is 24.3 Å². The number of carbonyl (C=O) groups is 1. The molecule has 4 rings (SSSR count). The number of aromatic nitrogens is 2. The zero-order valence-electron chi connectivity index (χ0n) is 18.5. The Morgan fingerprint density at radius 3 is 2.76 bits per heavy atom. The summed E-state index contributed by atoms with van der Waals surface area (Å²) in [5, 5.41) is 4.89. The number of furan rings is 1. The van der Waals surface area contributed by atoms with Crippen LogP contribution in [0.25, 0.3) is 22.2 Å². The summed E-state index contributed by atoms with van der Waals surface area (Å²) in [5.74, 6) is 1.33. The maximum atomic E-state index is 13.1. The molecule has 0 bridgehead atoms. The molecule has 0 radical (unpaired) electrons. The summed E-state index contributed by atoms with van der Waals surface area (Å²) in [6, 6.07) is 14.3. The van der Waals surface area contributed by atoms with Crippen molar-refractivity contribution in [2.24, 2.45) is 5.10 Å². The molecule has 33 heavy (non-hydrogen) atoms. The molecule has 0 aliphatic heterocycles. The van der Waals surface area contributed by atoms with Gasteiger partial charge in [-0.2, -0.15) is 9.78 Å². The molecular weight excluding hydrogens is 486 g/mol. The van der Waals surface area contributed by atoms with Gasteiger partial charge in [0.1, 0.15) is 17.3 Å². The van der Waals surface area contributed by atoms with Crippen molar-refractivity contribution in [2.45, 2.75) is 26.7 Å². The number of hydrogen-bond acceptors (Lipinski definition) is 6. The summed E-state index contributed by atoms with van der Waals surface area (Å²) < 4.78 is 12.8. The first-order chi connectivity index (χ1) is 15.9. The van der Waals surface area contributed by atoms with Crippen molar-refractivity contribution in [2.75, 3.05) is 7.11 Å². The third kappa shape index (κ3) is 4.66. The van der Waals surface area contributed by atoms with Crippen LogP contribution in [0.5, 0.6) is 0 Å². The molecular formula is C25H22BrN3O4. The number of fused-ring (bicyclic) bond motifs is 1. The predicted molar refractivity (Wildman–Crippen MR) is 131 cm³/mol. The average Bonchev–Trinajstić information content (AvgIpc) is 3.27. The number of rotatable bonds is 6. The Hall–Kier alpha value is -3.52. The summed E-state index contributed by atoms with van der Waals surface area (Å²) in [4.78, 5) is 29.5. The van der Waals surface area contributed by atoms with Gasteiger partial charge in [-0.25, -0.2) is 9.78 Å². The number of hydrogen-bond donors (Lipinski definition) is 0. The van der Waals surface area contributed by atoms with E-state index in [0.29, 0.717) is 40.2 Å². The molecule has 0 aliphatic rings. The molecule has 2 aromatic carbocycles. The lowest BCUT2D eigenvalue weighted by Crippen LogP contribution is -2.22. The van der Waals surface area contributed by atoms with Gasteiger partial charge in [0.05, 0.1) is 29.8 Å². The molecule has 7 nitrogen and oxygen atoms in total. The number of esters is 1. The summed E-state index contributed by atoms with van der Waals surface area (Å²) in [6.07, 6.45) is 2.96. The molecule has 8 heteroatoms. The van der Waals surface area contributed by atoms with Gasteiger partial charge in [0, 0.05) is 16.5 Å². The first kappa shape index (κ1) is 22.7. The molecule has 168 valence electrons. The number of carbonyl (C=O) groups excluding carboxylic acids is 1. The van der Waals surface area contributed by atoms with Crippen LogP contribution in [0.15, 0.2) is 67.3 Å². The van der Waals surface area contributed by atoms with Crippen molar-refractivity contribution in [3.05, 3.63) is 86.1 Å². The minimum absolute atomic E-state index is 0.234. The SMILES string of the molecule is CCCc1nc2ccc(Br)cc2c(=O)n1N=Cc1ccc(-c2ccc(C(=O)OC)cc2C)o1. The van der Waals surface area contributed by atoms with Gasteiger partial charge in [-0.05, 0) is 61.4 Å². The van der Waals surface area contributed by atoms with Gasteiger partial charge in [-0.15, -0.1) is 0 Å². The van der Waals surface area contributed by atoms with Crippen molar-refractivity contribution < 1.29 is 13.9 Å². The lowest BCUT2D eigenvalue weighted by Gasteiger charge is -2.08. The molecule has 0 N–H and O–H groups in total. The van der Waals surface area contributed by atoms with Crippen molar-refractivity contribution in [1.82, 2.24) is 9.66 Å². The first-order valence-electron chi connectivity index (χ1n) is 10.5. The topological polar surface area (TPSA) is 86.7 Å². The van der Waals surface area contributed by atoms with Crippen molar-refractivity contribution >= 4 is 39.0 Å². The Morgan fingerprint density at radius 2 is 2.03 bits per heavy atom. The molecule has 0 saturated heterocycles. The van der Waals surface area contributed by atoms with Crippen molar-refractivity contribution in [3.63, 3.8) is 0 Å². The van der Waals surface area contributed by atoms with Gasteiger partial charge in [-0.3, -0.25) is 4.79 Å². The number of benzene rings is 2. The summed E-state index contributed by atoms with van der Waals surface area (Å²) in [6.45, 7) is 3.92. The zero-order chi connectivity index (χ0) is 23.5. The highest BCUT2D eigenvalue weighted by molar-refractivity contribution is 9.10. The van der Waals surface area contributed by atoms with E-state index in [4.69, 9.17) is 9.15 Å². The number of ether oxygens (including phenoxy) is 1. The van der Waals surface area contributed by atoms with Gasteiger partial charge < -0.3 is 9.15 Å². The quantitative estimate of drug-likeness (QED) is 0.259. The van der Waals surface area contributed by atoms with Crippen LogP contribution in [0.4, 0.5) is 0 Å². The summed E-state index contributed by atoms with van der Waals surface area (Å²) in [7, 11) is 1.35. The normalized spacial score (nSPS) is 11.4. The zero-order valence-corrected chi connectivity index (χ0v) is 20.0. The van der Waals surface area contributed by atoms with Crippen LogP contribution >= 0.6 is 15.9 Å². The Balaban J connectivity index is 1.69.